The van der Waals surface area contributed by atoms with Crippen LogP contribution < -0.4 is 5.32 Å². The summed E-state index contributed by atoms with van der Waals surface area (Å²) in [5.74, 6) is -0.330. The monoisotopic (exact) mass is 605 g/mol. The molecule has 2 amide bonds. The number of ether oxygens (including phenoxy) is 1. The summed E-state index contributed by atoms with van der Waals surface area (Å²) in [6.45, 7) is 5.00. The third-order valence-electron chi connectivity index (χ3n) is 7.69. The molecule has 1 aliphatic rings. The Bertz CT molecular complexity index is 1390. The Hall–Kier alpha value is -3.53. The van der Waals surface area contributed by atoms with Gasteiger partial charge in [-0.1, -0.05) is 72.8 Å². The molecule has 1 fully saturated rings. The van der Waals surface area contributed by atoms with Gasteiger partial charge in [0.05, 0.1) is 4.90 Å². The van der Waals surface area contributed by atoms with E-state index in [4.69, 9.17) is 4.74 Å². The number of hydrogen-bond donors (Lipinski definition) is 1. The van der Waals surface area contributed by atoms with E-state index < -0.39 is 16.1 Å². The lowest BCUT2D eigenvalue weighted by molar-refractivity contribution is -0.141. The van der Waals surface area contributed by atoms with E-state index in [1.807, 2.05) is 67.6 Å². The first-order valence-electron chi connectivity index (χ1n) is 15.2. The normalized spacial score (nSPS) is 14.3. The largest absolute Gasteiger partial charge is 0.382 e. The molecule has 0 radical (unpaired) electrons. The Labute approximate surface area is 256 Å². The van der Waals surface area contributed by atoms with Gasteiger partial charge in [-0.25, -0.2) is 8.42 Å². The number of benzene rings is 3. The van der Waals surface area contributed by atoms with Crippen LogP contribution in [0.2, 0.25) is 0 Å². The van der Waals surface area contributed by atoms with Gasteiger partial charge in [-0.2, -0.15) is 4.31 Å². The van der Waals surface area contributed by atoms with Gasteiger partial charge >= 0.3 is 0 Å². The zero-order valence-electron chi connectivity index (χ0n) is 25.0. The van der Waals surface area contributed by atoms with Gasteiger partial charge in [-0.05, 0) is 61.4 Å². The highest BCUT2D eigenvalue weighted by Gasteiger charge is 2.30. The number of hydrogen-bond acceptors (Lipinski definition) is 5. The highest BCUT2D eigenvalue weighted by Crippen LogP contribution is 2.22. The second-order valence-corrected chi connectivity index (χ2v) is 12.7. The number of rotatable bonds is 16. The van der Waals surface area contributed by atoms with E-state index in [-0.39, 0.29) is 23.1 Å². The van der Waals surface area contributed by atoms with E-state index >= 15 is 0 Å². The molecule has 1 aliphatic heterocycles. The van der Waals surface area contributed by atoms with Crippen molar-refractivity contribution in [3.63, 3.8) is 0 Å². The molecule has 9 heteroatoms. The van der Waals surface area contributed by atoms with Crippen molar-refractivity contribution < 1.29 is 22.7 Å². The van der Waals surface area contributed by atoms with Crippen molar-refractivity contribution in [2.24, 2.45) is 0 Å². The van der Waals surface area contributed by atoms with Crippen LogP contribution in [0.5, 0.6) is 0 Å². The topological polar surface area (TPSA) is 96.0 Å². The maximum Gasteiger partial charge on any atom is 0.243 e. The summed E-state index contributed by atoms with van der Waals surface area (Å²) >= 11 is 0. The van der Waals surface area contributed by atoms with Crippen molar-refractivity contribution in [1.29, 1.82) is 0 Å². The van der Waals surface area contributed by atoms with Crippen LogP contribution in [-0.2, 0) is 43.7 Å². The second-order valence-electron chi connectivity index (χ2n) is 10.8. The van der Waals surface area contributed by atoms with Crippen LogP contribution in [0.4, 0.5) is 0 Å². The standard InChI is InChI=1S/C34H43N3O5S/c1-2-42-25-11-22-35-34(39)32(26-29-12-5-3-6-13-29)37(27-30-14-7-4-8-15-30)33(38)21-18-28-16-19-31(20-17-28)43(40,41)36-23-9-10-24-36/h3-8,12-17,19-20,32H,2,9-11,18,21-27H2,1H3,(H,35,39)/t32-/m0/s1. The molecule has 0 spiro atoms. The van der Waals surface area contributed by atoms with Crippen molar-refractivity contribution in [3.8, 4) is 0 Å². The highest BCUT2D eigenvalue weighted by atomic mass is 32.2. The molecule has 43 heavy (non-hydrogen) atoms. The van der Waals surface area contributed by atoms with Gasteiger partial charge in [0.25, 0.3) is 0 Å². The molecule has 0 bridgehead atoms. The average molecular weight is 606 g/mol. The number of sulfonamides is 1. The number of aryl methyl sites for hydroxylation is 1. The van der Waals surface area contributed by atoms with Crippen molar-refractivity contribution >= 4 is 21.8 Å². The molecule has 1 atom stereocenters. The molecular formula is C34H43N3O5S. The van der Waals surface area contributed by atoms with E-state index in [0.717, 1.165) is 29.5 Å². The van der Waals surface area contributed by atoms with Crippen molar-refractivity contribution in [1.82, 2.24) is 14.5 Å². The molecule has 0 unspecified atom stereocenters. The van der Waals surface area contributed by atoms with Gasteiger partial charge < -0.3 is 15.0 Å². The number of carbonyl (C=O) groups excluding carboxylic acids is 2. The van der Waals surface area contributed by atoms with Gasteiger partial charge in [-0.15, -0.1) is 0 Å². The third kappa shape index (κ3) is 9.48. The van der Waals surface area contributed by atoms with Crippen LogP contribution in [0, 0.1) is 0 Å². The quantitative estimate of drug-likeness (QED) is 0.241. The minimum atomic E-state index is -3.49. The molecule has 0 aliphatic carbocycles. The van der Waals surface area contributed by atoms with Crippen LogP contribution in [0.1, 0.15) is 49.3 Å². The van der Waals surface area contributed by atoms with Crippen LogP contribution in [0.25, 0.3) is 0 Å². The molecule has 1 N–H and O–H groups in total. The number of carbonyl (C=O) groups is 2. The number of amides is 2. The van der Waals surface area contributed by atoms with Crippen LogP contribution in [0.15, 0.2) is 89.8 Å². The molecule has 1 heterocycles. The lowest BCUT2D eigenvalue weighted by Gasteiger charge is -2.31. The lowest BCUT2D eigenvalue weighted by atomic mass is 10.0. The van der Waals surface area contributed by atoms with Crippen molar-refractivity contribution in [3.05, 3.63) is 102 Å². The Balaban J connectivity index is 1.50. The zero-order valence-corrected chi connectivity index (χ0v) is 25.8. The van der Waals surface area contributed by atoms with E-state index in [1.165, 1.54) is 4.31 Å². The maximum absolute atomic E-state index is 13.9. The zero-order chi connectivity index (χ0) is 30.5. The second kappa shape index (κ2) is 16.4. The van der Waals surface area contributed by atoms with E-state index in [0.29, 0.717) is 58.7 Å². The average Bonchev–Trinajstić information content (AvgIpc) is 3.59. The summed E-state index contributed by atoms with van der Waals surface area (Å²) in [4.78, 5) is 29.5. The van der Waals surface area contributed by atoms with Crippen molar-refractivity contribution in [2.75, 3.05) is 32.8 Å². The number of nitrogens with one attached hydrogen (secondary N) is 1. The molecular weight excluding hydrogens is 562 g/mol. The molecule has 3 aromatic carbocycles. The summed E-state index contributed by atoms with van der Waals surface area (Å²) < 4.78 is 32.8. The fourth-order valence-corrected chi connectivity index (χ4v) is 6.80. The first-order valence-corrected chi connectivity index (χ1v) is 16.6. The van der Waals surface area contributed by atoms with Gasteiger partial charge in [0.1, 0.15) is 6.04 Å². The molecule has 8 nitrogen and oxygen atoms in total. The molecule has 4 rings (SSSR count). The summed E-state index contributed by atoms with van der Waals surface area (Å²) in [6, 6.07) is 25.6. The Morgan fingerprint density at radius 1 is 0.884 bits per heavy atom. The molecule has 0 saturated carbocycles. The van der Waals surface area contributed by atoms with Crippen LogP contribution in [0.3, 0.4) is 0 Å². The highest BCUT2D eigenvalue weighted by molar-refractivity contribution is 7.89. The van der Waals surface area contributed by atoms with E-state index in [1.54, 1.807) is 29.2 Å². The summed E-state index contributed by atoms with van der Waals surface area (Å²) in [6.07, 6.45) is 3.47. The third-order valence-corrected chi connectivity index (χ3v) is 9.60. The Morgan fingerprint density at radius 3 is 2.14 bits per heavy atom. The predicted molar refractivity (Wildman–Crippen MR) is 168 cm³/mol. The fraction of sp³-hybridized carbons (Fsp3) is 0.412. The summed E-state index contributed by atoms with van der Waals surface area (Å²) in [5, 5.41) is 3.03. The van der Waals surface area contributed by atoms with Gasteiger partial charge in [-0.3, -0.25) is 9.59 Å². The van der Waals surface area contributed by atoms with Crippen LogP contribution in [-0.4, -0.2) is 68.3 Å². The van der Waals surface area contributed by atoms with Gasteiger partial charge in [0, 0.05) is 52.2 Å². The first-order chi connectivity index (χ1) is 20.9. The predicted octanol–water partition coefficient (Wildman–Crippen LogP) is 4.59. The molecule has 230 valence electrons. The Kier molecular flexibility index (Phi) is 12.3. The molecule has 1 saturated heterocycles. The minimum Gasteiger partial charge on any atom is -0.382 e. The SMILES string of the molecule is CCOCCCNC(=O)[C@H](Cc1ccccc1)N(Cc1ccccc1)C(=O)CCc1ccc(S(=O)(=O)N2CCCC2)cc1. The first kappa shape index (κ1) is 32.4. The van der Waals surface area contributed by atoms with Crippen molar-refractivity contribution in [2.45, 2.75) is 62.9 Å². The van der Waals surface area contributed by atoms with Gasteiger partial charge in [0.2, 0.25) is 21.8 Å². The van der Waals surface area contributed by atoms with Gasteiger partial charge in [0.15, 0.2) is 0 Å². The van der Waals surface area contributed by atoms with E-state index in [2.05, 4.69) is 5.32 Å². The summed E-state index contributed by atoms with van der Waals surface area (Å²) in [7, 11) is -3.49. The Morgan fingerprint density at radius 2 is 1.51 bits per heavy atom. The minimum absolute atomic E-state index is 0.136. The van der Waals surface area contributed by atoms with E-state index in [9.17, 15) is 18.0 Å². The summed E-state index contributed by atoms with van der Waals surface area (Å²) in [5.41, 5.74) is 2.78. The molecule has 0 aromatic heterocycles. The maximum atomic E-state index is 13.9. The van der Waals surface area contributed by atoms with Crippen LogP contribution >= 0.6 is 0 Å². The lowest BCUT2D eigenvalue weighted by Crippen LogP contribution is -2.50. The molecule has 3 aromatic rings. The smallest absolute Gasteiger partial charge is 0.243 e. The fourth-order valence-electron chi connectivity index (χ4n) is 5.28. The number of nitrogens with zero attached hydrogens (tertiary/aromatic N) is 2.